The molecule has 0 atom stereocenters. The summed E-state index contributed by atoms with van der Waals surface area (Å²) in [5, 5.41) is 0. The third kappa shape index (κ3) is 2.01. The van der Waals surface area contributed by atoms with Crippen LogP contribution in [0.25, 0.3) is 0 Å². The van der Waals surface area contributed by atoms with Gasteiger partial charge in [0, 0.05) is 12.0 Å². The molecule has 13 heavy (non-hydrogen) atoms. The zero-order valence-corrected chi connectivity index (χ0v) is 7.88. The molecule has 0 aromatic heterocycles. The number of nitrogens with zero attached hydrogens (tertiary/aromatic N) is 1. The average Bonchev–Trinajstić information content (AvgIpc) is 2.02. The maximum absolute atomic E-state index is 12.2. The van der Waals surface area contributed by atoms with Crippen LogP contribution in [-0.2, 0) is 0 Å². The fraction of sp³-hybridized carbons (Fsp3) is 1.00. The standard InChI is InChI=1S/C10H17F2N/c11-10(12)8-6-9(7-8)13-4-2-1-3-5-13/h8-10H,1-7H2. The molecule has 1 saturated heterocycles. The Balaban J connectivity index is 1.72. The summed E-state index contributed by atoms with van der Waals surface area (Å²) in [6.45, 7) is 2.28. The predicted molar refractivity (Wildman–Crippen MR) is 47.9 cm³/mol. The van der Waals surface area contributed by atoms with Crippen molar-refractivity contribution in [3.63, 3.8) is 0 Å². The zero-order chi connectivity index (χ0) is 9.26. The van der Waals surface area contributed by atoms with E-state index in [0.717, 1.165) is 25.9 Å². The number of piperidine rings is 1. The molecular weight excluding hydrogens is 172 g/mol. The Morgan fingerprint density at radius 1 is 1.00 bits per heavy atom. The fourth-order valence-corrected chi connectivity index (χ4v) is 2.42. The van der Waals surface area contributed by atoms with Gasteiger partial charge in [0.2, 0.25) is 6.43 Å². The Bertz CT molecular complexity index is 160. The maximum atomic E-state index is 12.2. The molecule has 1 heterocycles. The van der Waals surface area contributed by atoms with Gasteiger partial charge in [-0.15, -0.1) is 0 Å². The van der Waals surface area contributed by atoms with Crippen LogP contribution >= 0.6 is 0 Å². The van der Waals surface area contributed by atoms with Gasteiger partial charge in [-0.05, 0) is 38.8 Å². The highest BCUT2D eigenvalue weighted by molar-refractivity contribution is 4.89. The summed E-state index contributed by atoms with van der Waals surface area (Å²) in [5.41, 5.74) is 0. The van der Waals surface area contributed by atoms with Crippen LogP contribution in [0.2, 0.25) is 0 Å². The number of rotatable bonds is 2. The smallest absolute Gasteiger partial charge is 0.241 e. The molecule has 0 aromatic carbocycles. The van der Waals surface area contributed by atoms with E-state index in [-0.39, 0.29) is 5.92 Å². The number of halogens is 2. The molecule has 1 aliphatic carbocycles. The maximum Gasteiger partial charge on any atom is 0.241 e. The molecule has 2 fully saturated rings. The third-order valence-corrected chi connectivity index (χ3v) is 3.41. The molecule has 3 heteroatoms. The molecule has 0 amide bonds. The van der Waals surface area contributed by atoms with E-state index in [0.29, 0.717) is 6.04 Å². The Morgan fingerprint density at radius 3 is 2.15 bits per heavy atom. The summed E-state index contributed by atoms with van der Waals surface area (Å²) in [7, 11) is 0. The highest BCUT2D eigenvalue weighted by atomic mass is 19.3. The van der Waals surface area contributed by atoms with E-state index < -0.39 is 6.43 Å². The van der Waals surface area contributed by atoms with Crippen molar-refractivity contribution in [2.75, 3.05) is 13.1 Å². The van der Waals surface area contributed by atoms with E-state index >= 15 is 0 Å². The van der Waals surface area contributed by atoms with Gasteiger partial charge in [0.05, 0.1) is 0 Å². The predicted octanol–water partition coefficient (Wildman–Crippen LogP) is 2.52. The average molecular weight is 189 g/mol. The van der Waals surface area contributed by atoms with E-state index in [1.807, 2.05) is 0 Å². The quantitative estimate of drug-likeness (QED) is 0.645. The molecule has 0 bridgehead atoms. The second kappa shape index (κ2) is 3.91. The van der Waals surface area contributed by atoms with Gasteiger partial charge in [-0.1, -0.05) is 6.42 Å². The molecule has 0 aromatic rings. The van der Waals surface area contributed by atoms with E-state index in [4.69, 9.17) is 0 Å². The first-order valence-corrected chi connectivity index (χ1v) is 5.29. The molecule has 0 radical (unpaired) electrons. The van der Waals surface area contributed by atoms with Gasteiger partial charge >= 0.3 is 0 Å². The molecule has 1 aliphatic heterocycles. The van der Waals surface area contributed by atoms with Gasteiger partial charge in [-0.3, -0.25) is 0 Å². The Morgan fingerprint density at radius 2 is 1.62 bits per heavy atom. The van der Waals surface area contributed by atoms with Crippen LogP contribution in [0, 0.1) is 5.92 Å². The van der Waals surface area contributed by atoms with Crippen LogP contribution in [0.4, 0.5) is 8.78 Å². The molecule has 0 N–H and O–H groups in total. The Labute approximate surface area is 78.1 Å². The van der Waals surface area contributed by atoms with Crippen molar-refractivity contribution in [3.8, 4) is 0 Å². The number of hydrogen-bond donors (Lipinski definition) is 0. The third-order valence-electron chi connectivity index (χ3n) is 3.41. The second-order valence-corrected chi connectivity index (χ2v) is 4.32. The molecule has 0 spiro atoms. The molecule has 1 nitrogen and oxygen atoms in total. The van der Waals surface area contributed by atoms with Gasteiger partial charge in [0.25, 0.3) is 0 Å². The summed E-state index contributed by atoms with van der Waals surface area (Å²) in [6, 6.07) is 0.485. The van der Waals surface area contributed by atoms with Crippen LogP contribution in [0.3, 0.4) is 0 Å². The van der Waals surface area contributed by atoms with Crippen LogP contribution < -0.4 is 0 Å². The van der Waals surface area contributed by atoms with Crippen LogP contribution in [0.5, 0.6) is 0 Å². The highest BCUT2D eigenvalue weighted by Gasteiger charge is 2.38. The van der Waals surface area contributed by atoms with Crippen molar-refractivity contribution in [3.05, 3.63) is 0 Å². The minimum Gasteiger partial charge on any atom is -0.300 e. The minimum absolute atomic E-state index is 0.299. The lowest BCUT2D eigenvalue weighted by Gasteiger charge is -2.44. The monoisotopic (exact) mass is 189 g/mol. The summed E-state index contributed by atoms with van der Waals surface area (Å²) in [4.78, 5) is 2.41. The van der Waals surface area contributed by atoms with E-state index in [9.17, 15) is 8.78 Å². The second-order valence-electron chi connectivity index (χ2n) is 4.32. The normalized spacial score (nSPS) is 36.2. The lowest BCUT2D eigenvalue weighted by Crippen LogP contribution is -2.48. The molecule has 1 saturated carbocycles. The minimum atomic E-state index is -2.08. The van der Waals surface area contributed by atoms with Crippen molar-refractivity contribution in [1.29, 1.82) is 0 Å². The topological polar surface area (TPSA) is 3.24 Å². The summed E-state index contributed by atoms with van der Waals surface area (Å²) >= 11 is 0. The lowest BCUT2D eigenvalue weighted by atomic mass is 9.79. The summed E-state index contributed by atoms with van der Waals surface area (Å²) < 4.78 is 24.4. The molecular formula is C10H17F2N. The lowest BCUT2D eigenvalue weighted by molar-refractivity contribution is -0.0273. The number of hydrogen-bond acceptors (Lipinski definition) is 1. The zero-order valence-electron chi connectivity index (χ0n) is 7.88. The highest BCUT2D eigenvalue weighted by Crippen LogP contribution is 2.36. The summed E-state index contributed by atoms with van der Waals surface area (Å²) in [6.07, 6.45) is 3.23. The van der Waals surface area contributed by atoms with Crippen LogP contribution in [0.15, 0.2) is 0 Å². The molecule has 76 valence electrons. The Hall–Kier alpha value is -0.180. The van der Waals surface area contributed by atoms with E-state index in [2.05, 4.69) is 4.90 Å². The fourth-order valence-electron chi connectivity index (χ4n) is 2.42. The van der Waals surface area contributed by atoms with Crippen molar-refractivity contribution in [2.45, 2.75) is 44.6 Å². The van der Waals surface area contributed by atoms with Crippen LogP contribution in [0.1, 0.15) is 32.1 Å². The first-order chi connectivity index (χ1) is 6.27. The molecule has 2 rings (SSSR count). The van der Waals surface area contributed by atoms with Crippen molar-refractivity contribution >= 4 is 0 Å². The van der Waals surface area contributed by atoms with Gasteiger partial charge in [0.15, 0.2) is 0 Å². The van der Waals surface area contributed by atoms with E-state index in [1.165, 1.54) is 19.3 Å². The van der Waals surface area contributed by atoms with Crippen molar-refractivity contribution in [2.24, 2.45) is 5.92 Å². The van der Waals surface area contributed by atoms with Crippen molar-refractivity contribution in [1.82, 2.24) is 4.90 Å². The van der Waals surface area contributed by atoms with Crippen molar-refractivity contribution < 1.29 is 8.78 Å². The largest absolute Gasteiger partial charge is 0.300 e. The van der Waals surface area contributed by atoms with Gasteiger partial charge < -0.3 is 4.90 Å². The van der Waals surface area contributed by atoms with Gasteiger partial charge in [0.1, 0.15) is 0 Å². The number of likely N-dealkylation sites (tertiary alicyclic amines) is 1. The van der Waals surface area contributed by atoms with E-state index in [1.54, 1.807) is 0 Å². The van der Waals surface area contributed by atoms with Gasteiger partial charge in [-0.25, -0.2) is 8.78 Å². The Kier molecular flexibility index (Phi) is 2.82. The first kappa shape index (κ1) is 9.38. The van der Waals surface area contributed by atoms with Crippen LogP contribution in [-0.4, -0.2) is 30.5 Å². The SMILES string of the molecule is FC(F)C1CC(N2CCCCC2)C1. The first-order valence-electron chi connectivity index (χ1n) is 5.29. The molecule has 2 aliphatic rings. The number of alkyl halides is 2. The molecule has 0 unspecified atom stereocenters. The van der Waals surface area contributed by atoms with Gasteiger partial charge in [-0.2, -0.15) is 0 Å². The summed E-state index contributed by atoms with van der Waals surface area (Å²) in [5.74, 6) is -0.299.